The highest BCUT2D eigenvalue weighted by atomic mass is 16.7. The van der Waals surface area contributed by atoms with Gasteiger partial charge in [0.25, 0.3) is 0 Å². The lowest BCUT2D eigenvalue weighted by Gasteiger charge is -2.40. The van der Waals surface area contributed by atoms with Crippen molar-refractivity contribution in [2.75, 3.05) is 13.2 Å². The second kappa shape index (κ2) is 67.6. The lowest BCUT2D eigenvalue weighted by Crippen LogP contribution is -2.60. The van der Waals surface area contributed by atoms with Gasteiger partial charge in [0.15, 0.2) is 6.29 Å². The molecule has 0 aromatic heterocycles. The minimum absolute atomic E-state index is 0.167. The van der Waals surface area contributed by atoms with E-state index in [1.165, 1.54) is 353 Å². The molecule has 0 saturated carbocycles. The molecule has 1 aliphatic rings. The Bertz CT molecular complexity index is 1430. The first-order valence-electron chi connectivity index (χ1n) is 39.1. The molecular formula is C78H151NO8. The zero-order valence-electron chi connectivity index (χ0n) is 58.1. The Kier molecular flexibility index (Phi) is 65.0. The van der Waals surface area contributed by atoms with Gasteiger partial charge in [-0.2, -0.15) is 0 Å². The molecule has 1 heterocycles. The van der Waals surface area contributed by atoms with Crippen LogP contribution >= 0.6 is 0 Å². The van der Waals surface area contributed by atoms with Crippen LogP contribution in [0.1, 0.15) is 412 Å². The summed E-state index contributed by atoms with van der Waals surface area (Å²) in [5.74, 6) is -0.167. The van der Waals surface area contributed by atoms with E-state index < -0.39 is 49.5 Å². The van der Waals surface area contributed by atoms with E-state index in [1.807, 2.05) is 6.08 Å². The first-order chi connectivity index (χ1) is 42.8. The Morgan fingerprint density at radius 2 is 0.644 bits per heavy atom. The van der Waals surface area contributed by atoms with Gasteiger partial charge < -0.3 is 40.3 Å². The largest absolute Gasteiger partial charge is 0.394 e. The summed E-state index contributed by atoms with van der Waals surface area (Å²) in [5.41, 5.74) is 0. The number of amides is 1. The molecule has 1 aliphatic heterocycles. The Hall–Kier alpha value is -1.33. The van der Waals surface area contributed by atoms with Gasteiger partial charge in [-0.05, 0) is 44.9 Å². The van der Waals surface area contributed by atoms with Crippen LogP contribution in [0.3, 0.4) is 0 Å². The molecule has 1 rings (SSSR count). The Labute approximate surface area is 540 Å². The van der Waals surface area contributed by atoms with Crippen LogP contribution in [0, 0.1) is 0 Å². The van der Waals surface area contributed by atoms with Crippen LogP contribution < -0.4 is 5.32 Å². The molecule has 0 aliphatic carbocycles. The van der Waals surface area contributed by atoms with E-state index in [2.05, 4.69) is 31.3 Å². The SMILES string of the molecule is CCCCCCCCCC/C=C\CCCCCCCCCCCCCCCCCCCCCCCCCC(=O)NC(COC1OC(CO)C(O)C(O)C1O)C(O)/C=C/CCCCCCCCCCCCCCCCCCCCCCCCCCCCC. The quantitative estimate of drug-likeness (QED) is 0.0261. The first kappa shape index (κ1) is 83.7. The highest BCUT2D eigenvalue weighted by Crippen LogP contribution is 2.24. The molecule has 0 aromatic rings. The Balaban J connectivity index is 2.07. The van der Waals surface area contributed by atoms with Gasteiger partial charge in [-0.25, -0.2) is 0 Å². The minimum atomic E-state index is -1.57. The molecule has 0 bridgehead atoms. The number of unbranched alkanes of at least 4 members (excludes halogenated alkanes) is 58. The molecule has 9 heteroatoms. The predicted molar refractivity (Wildman–Crippen MR) is 374 cm³/mol. The van der Waals surface area contributed by atoms with Crippen molar-refractivity contribution in [2.24, 2.45) is 0 Å². The summed E-state index contributed by atoms with van der Waals surface area (Å²) in [6.07, 6.45) is 83.2. The van der Waals surface area contributed by atoms with E-state index in [9.17, 15) is 30.3 Å². The molecule has 6 N–H and O–H groups in total. The van der Waals surface area contributed by atoms with Gasteiger partial charge in [0.1, 0.15) is 24.4 Å². The number of hydrogen-bond acceptors (Lipinski definition) is 8. The molecule has 0 aromatic carbocycles. The number of hydrogen-bond donors (Lipinski definition) is 6. The van der Waals surface area contributed by atoms with Crippen molar-refractivity contribution in [2.45, 2.75) is 455 Å². The van der Waals surface area contributed by atoms with Crippen LogP contribution in [-0.4, -0.2) is 87.5 Å². The molecule has 1 amide bonds. The van der Waals surface area contributed by atoms with Crippen molar-refractivity contribution in [1.29, 1.82) is 0 Å². The van der Waals surface area contributed by atoms with Crippen LogP contribution in [0.25, 0.3) is 0 Å². The maximum atomic E-state index is 13.2. The van der Waals surface area contributed by atoms with E-state index in [0.29, 0.717) is 6.42 Å². The fraction of sp³-hybridized carbons (Fsp3) is 0.936. The second-order valence-electron chi connectivity index (χ2n) is 27.5. The molecule has 516 valence electrons. The monoisotopic (exact) mass is 1230 g/mol. The van der Waals surface area contributed by atoms with Gasteiger partial charge in [-0.3, -0.25) is 4.79 Å². The zero-order valence-corrected chi connectivity index (χ0v) is 58.1. The van der Waals surface area contributed by atoms with Gasteiger partial charge in [0.2, 0.25) is 5.91 Å². The predicted octanol–water partition coefficient (Wildman–Crippen LogP) is 22.0. The number of allylic oxidation sites excluding steroid dienone is 3. The summed E-state index contributed by atoms with van der Waals surface area (Å²) in [5, 5.41) is 54.9. The van der Waals surface area contributed by atoms with Crippen molar-refractivity contribution >= 4 is 5.91 Å². The summed E-state index contributed by atoms with van der Waals surface area (Å²) in [4.78, 5) is 13.2. The third kappa shape index (κ3) is 56.0. The maximum Gasteiger partial charge on any atom is 0.220 e. The van der Waals surface area contributed by atoms with Crippen molar-refractivity contribution in [1.82, 2.24) is 5.32 Å². The van der Waals surface area contributed by atoms with Gasteiger partial charge in [0.05, 0.1) is 25.4 Å². The molecule has 7 unspecified atom stereocenters. The summed E-state index contributed by atoms with van der Waals surface area (Å²) in [6, 6.07) is -0.804. The topological polar surface area (TPSA) is 149 Å². The molecule has 9 nitrogen and oxygen atoms in total. The number of rotatable bonds is 70. The average molecular weight is 1230 g/mol. The van der Waals surface area contributed by atoms with Crippen LogP contribution in [0.5, 0.6) is 0 Å². The normalized spacial score (nSPS) is 18.0. The van der Waals surface area contributed by atoms with Crippen LogP contribution in [-0.2, 0) is 14.3 Å². The smallest absolute Gasteiger partial charge is 0.220 e. The lowest BCUT2D eigenvalue weighted by molar-refractivity contribution is -0.302. The van der Waals surface area contributed by atoms with E-state index in [4.69, 9.17) is 9.47 Å². The van der Waals surface area contributed by atoms with Crippen molar-refractivity contribution in [3.63, 3.8) is 0 Å². The van der Waals surface area contributed by atoms with Crippen molar-refractivity contribution in [3.05, 3.63) is 24.3 Å². The standard InChI is InChI=1S/C78H151NO8/c1-3-5-7-9-11-13-15-17-19-21-23-25-27-29-31-33-34-35-36-37-38-40-42-44-46-48-50-52-54-56-58-60-62-64-66-68-74(82)79-71(70-86-78-77(85)76(84)75(83)73(69-80)87-78)72(81)67-65-63-61-59-57-55-53-51-49-47-45-43-41-39-32-30-28-26-24-22-20-18-16-14-12-10-8-6-4-2/h21,23,65,67,71-73,75-78,80-81,83-85H,3-20,22,24-64,66,68-70H2,1-2H3,(H,79,82)/b23-21-,67-65+. The van der Waals surface area contributed by atoms with E-state index in [1.54, 1.807) is 6.08 Å². The Morgan fingerprint density at radius 1 is 0.379 bits per heavy atom. The summed E-state index contributed by atoms with van der Waals surface area (Å²) in [7, 11) is 0. The minimum Gasteiger partial charge on any atom is -0.394 e. The van der Waals surface area contributed by atoms with E-state index in [-0.39, 0.29) is 12.5 Å². The summed E-state index contributed by atoms with van der Waals surface area (Å²) in [6.45, 7) is 3.85. The number of carbonyl (C=O) groups is 1. The van der Waals surface area contributed by atoms with Crippen LogP contribution in [0.15, 0.2) is 24.3 Å². The fourth-order valence-corrected chi connectivity index (χ4v) is 12.9. The maximum absolute atomic E-state index is 13.2. The third-order valence-electron chi connectivity index (χ3n) is 19.0. The van der Waals surface area contributed by atoms with Gasteiger partial charge >= 0.3 is 0 Å². The van der Waals surface area contributed by atoms with Gasteiger partial charge in [-0.15, -0.1) is 0 Å². The van der Waals surface area contributed by atoms with E-state index >= 15 is 0 Å². The molecule has 0 radical (unpaired) electrons. The van der Waals surface area contributed by atoms with Crippen LogP contribution in [0.2, 0.25) is 0 Å². The highest BCUT2D eigenvalue weighted by molar-refractivity contribution is 5.76. The van der Waals surface area contributed by atoms with Gasteiger partial charge in [0, 0.05) is 6.42 Å². The Morgan fingerprint density at radius 3 is 0.931 bits per heavy atom. The lowest BCUT2D eigenvalue weighted by atomic mass is 9.99. The van der Waals surface area contributed by atoms with Crippen molar-refractivity contribution < 1.29 is 39.8 Å². The second-order valence-corrected chi connectivity index (χ2v) is 27.5. The van der Waals surface area contributed by atoms with Crippen LogP contribution in [0.4, 0.5) is 0 Å². The third-order valence-corrected chi connectivity index (χ3v) is 19.0. The van der Waals surface area contributed by atoms with Crippen molar-refractivity contribution in [3.8, 4) is 0 Å². The number of aliphatic hydroxyl groups is 5. The van der Waals surface area contributed by atoms with E-state index in [0.717, 1.165) is 38.5 Å². The number of carbonyl (C=O) groups excluding carboxylic acids is 1. The highest BCUT2D eigenvalue weighted by Gasteiger charge is 2.44. The number of ether oxygens (including phenoxy) is 2. The molecular weight excluding hydrogens is 1080 g/mol. The zero-order chi connectivity index (χ0) is 62.8. The fourth-order valence-electron chi connectivity index (χ4n) is 12.9. The summed E-state index contributed by atoms with van der Waals surface area (Å²) < 4.78 is 11.3. The molecule has 1 fully saturated rings. The molecule has 1 saturated heterocycles. The summed E-state index contributed by atoms with van der Waals surface area (Å²) >= 11 is 0. The number of nitrogens with one attached hydrogen (secondary N) is 1. The first-order valence-corrected chi connectivity index (χ1v) is 39.1. The molecule has 87 heavy (non-hydrogen) atoms. The van der Waals surface area contributed by atoms with Gasteiger partial charge in [-0.1, -0.05) is 385 Å². The average Bonchev–Trinajstić information content (AvgIpc) is 3.47. The molecule has 7 atom stereocenters. The number of aliphatic hydroxyl groups excluding tert-OH is 5. The molecule has 0 spiro atoms.